The summed E-state index contributed by atoms with van der Waals surface area (Å²) in [7, 11) is 0.113. The van der Waals surface area contributed by atoms with Gasteiger partial charge in [-0.05, 0) is 30.7 Å². The van der Waals surface area contributed by atoms with Gasteiger partial charge in [0.1, 0.15) is 11.5 Å². The Hall–Kier alpha value is -1.66. The van der Waals surface area contributed by atoms with Crippen LogP contribution in [0.15, 0.2) is 41.3 Å². The van der Waals surface area contributed by atoms with Crippen molar-refractivity contribution in [3.8, 4) is 5.75 Å². The Labute approximate surface area is 137 Å². The first-order valence-electron chi connectivity index (χ1n) is 6.99. The van der Waals surface area contributed by atoms with Gasteiger partial charge in [-0.1, -0.05) is 19.1 Å². The van der Waals surface area contributed by atoms with Crippen LogP contribution in [-0.2, 0) is 28.6 Å². The molecule has 2 rings (SSSR count). The van der Waals surface area contributed by atoms with Gasteiger partial charge in [0.05, 0.1) is 29.3 Å². The smallest absolute Gasteiger partial charge is 0.233 e. The van der Waals surface area contributed by atoms with Crippen LogP contribution in [0.2, 0.25) is 0 Å². The number of para-hydroxylation sites is 1. The fraction of sp³-hybridized carbons (Fsp3) is 0.312. The monoisotopic (exact) mass is 337 g/mol. The molecule has 22 heavy (non-hydrogen) atoms. The number of rotatable bonds is 7. The maximum absolute atomic E-state index is 12.3. The van der Waals surface area contributed by atoms with E-state index in [4.69, 9.17) is 4.74 Å². The van der Waals surface area contributed by atoms with Gasteiger partial charge in [-0.3, -0.25) is 9.00 Å². The molecule has 0 aliphatic carbocycles. The van der Waals surface area contributed by atoms with Crippen LogP contribution in [0.25, 0.3) is 0 Å². The highest BCUT2D eigenvalue weighted by atomic mass is 32.2. The third-order valence-electron chi connectivity index (χ3n) is 3.10. The van der Waals surface area contributed by atoms with Gasteiger partial charge < -0.3 is 10.1 Å². The molecule has 1 atom stereocenters. The number of thiophene rings is 1. The summed E-state index contributed by atoms with van der Waals surface area (Å²) >= 11 is 1.69. The number of ether oxygens (including phenoxy) is 1. The van der Waals surface area contributed by atoms with E-state index in [-0.39, 0.29) is 11.7 Å². The zero-order valence-corrected chi connectivity index (χ0v) is 14.3. The number of benzene rings is 1. The molecule has 0 aliphatic heterocycles. The molecule has 6 heteroatoms. The minimum atomic E-state index is -1.41. The zero-order chi connectivity index (χ0) is 15.9. The maximum atomic E-state index is 12.3. The number of carbonyl (C=O) groups is 1. The lowest BCUT2D eigenvalue weighted by Gasteiger charge is -2.08. The summed E-state index contributed by atoms with van der Waals surface area (Å²) in [5.41, 5.74) is 0. The molecule has 0 aliphatic rings. The molecule has 0 saturated carbocycles. The highest BCUT2D eigenvalue weighted by Crippen LogP contribution is 2.21. The van der Waals surface area contributed by atoms with E-state index in [0.29, 0.717) is 17.2 Å². The van der Waals surface area contributed by atoms with Gasteiger partial charge in [0.15, 0.2) is 0 Å². The number of hydrogen-bond donors (Lipinski definition) is 1. The number of hydrogen-bond acceptors (Lipinski definition) is 4. The summed E-state index contributed by atoms with van der Waals surface area (Å²) in [5.74, 6) is 0.252. The van der Waals surface area contributed by atoms with Gasteiger partial charge in [0.25, 0.3) is 0 Å². The van der Waals surface area contributed by atoms with Gasteiger partial charge in [-0.15, -0.1) is 11.3 Å². The van der Waals surface area contributed by atoms with Crippen molar-refractivity contribution in [3.63, 3.8) is 0 Å². The van der Waals surface area contributed by atoms with Crippen LogP contribution in [0.5, 0.6) is 5.75 Å². The Kier molecular flexibility index (Phi) is 6.15. The Morgan fingerprint density at radius 3 is 2.64 bits per heavy atom. The molecular weight excluding hydrogens is 318 g/mol. The second-order valence-electron chi connectivity index (χ2n) is 4.64. The average Bonchev–Trinajstić information content (AvgIpc) is 3.01. The Balaban J connectivity index is 1.90. The summed E-state index contributed by atoms with van der Waals surface area (Å²) < 4.78 is 17.4. The first-order valence-corrected chi connectivity index (χ1v) is 9.13. The van der Waals surface area contributed by atoms with E-state index in [1.165, 1.54) is 12.0 Å². The summed E-state index contributed by atoms with van der Waals surface area (Å²) in [6, 6.07) is 11.1. The molecule has 4 nitrogen and oxygen atoms in total. The van der Waals surface area contributed by atoms with Crippen molar-refractivity contribution in [1.82, 2.24) is 5.32 Å². The molecule has 1 heterocycles. The van der Waals surface area contributed by atoms with E-state index in [9.17, 15) is 9.00 Å². The van der Waals surface area contributed by atoms with Crippen LogP contribution >= 0.6 is 11.3 Å². The summed E-state index contributed by atoms with van der Waals surface area (Å²) in [4.78, 5) is 14.9. The molecule has 1 aromatic carbocycles. The second kappa shape index (κ2) is 8.10. The minimum Gasteiger partial charge on any atom is -0.495 e. The van der Waals surface area contributed by atoms with Crippen molar-refractivity contribution in [2.45, 2.75) is 24.8 Å². The number of methoxy groups -OCH3 is 1. The molecule has 0 radical (unpaired) electrons. The number of carbonyl (C=O) groups excluding carboxylic acids is 1. The van der Waals surface area contributed by atoms with Gasteiger partial charge >= 0.3 is 0 Å². The van der Waals surface area contributed by atoms with E-state index < -0.39 is 10.8 Å². The minimum absolute atomic E-state index is 0.0631. The number of amides is 1. The Bertz CT molecular complexity index is 667. The number of nitrogens with one attached hydrogen (secondary N) is 1. The van der Waals surface area contributed by atoms with Crippen LogP contribution in [0.1, 0.15) is 16.7 Å². The van der Waals surface area contributed by atoms with E-state index in [0.717, 1.165) is 11.3 Å². The Morgan fingerprint density at radius 1 is 1.23 bits per heavy atom. The Morgan fingerprint density at radius 2 is 1.95 bits per heavy atom. The van der Waals surface area contributed by atoms with Crippen LogP contribution in [-0.4, -0.2) is 23.0 Å². The van der Waals surface area contributed by atoms with E-state index in [1.807, 2.05) is 12.1 Å². The predicted molar refractivity (Wildman–Crippen MR) is 89.8 cm³/mol. The average molecular weight is 337 g/mol. The van der Waals surface area contributed by atoms with E-state index in [1.54, 1.807) is 29.5 Å². The van der Waals surface area contributed by atoms with E-state index >= 15 is 0 Å². The van der Waals surface area contributed by atoms with Crippen LogP contribution in [0.3, 0.4) is 0 Å². The van der Waals surface area contributed by atoms with Crippen LogP contribution in [0, 0.1) is 0 Å². The molecule has 1 unspecified atom stereocenters. The van der Waals surface area contributed by atoms with Gasteiger partial charge in [0.2, 0.25) is 5.91 Å². The summed E-state index contributed by atoms with van der Waals surface area (Å²) in [6.45, 7) is 2.58. The maximum Gasteiger partial charge on any atom is 0.233 e. The first kappa shape index (κ1) is 16.7. The SMILES string of the molecule is CCc1ccc(CNC(=O)CS(=O)c2ccccc2OC)s1. The standard InChI is InChI=1S/C16H19NO3S2/c1-3-12-8-9-13(21-12)10-17-16(18)11-22(19)15-7-5-4-6-14(15)20-2/h4-9H,3,10-11H2,1-2H3,(H,17,18). The molecule has 1 N–H and O–H groups in total. The lowest BCUT2D eigenvalue weighted by molar-refractivity contribution is -0.118. The van der Waals surface area contributed by atoms with E-state index in [2.05, 4.69) is 18.3 Å². The quantitative estimate of drug-likeness (QED) is 0.845. The topological polar surface area (TPSA) is 55.4 Å². The number of aryl methyl sites for hydroxylation is 1. The van der Waals surface area contributed by atoms with Crippen molar-refractivity contribution in [3.05, 3.63) is 46.2 Å². The molecule has 0 bridgehead atoms. The molecule has 2 aromatic rings. The van der Waals surface area contributed by atoms with Gasteiger partial charge in [-0.2, -0.15) is 0 Å². The summed E-state index contributed by atoms with van der Waals surface area (Å²) in [5, 5.41) is 2.81. The van der Waals surface area contributed by atoms with Gasteiger partial charge in [-0.25, -0.2) is 0 Å². The lowest BCUT2D eigenvalue weighted by Crippen LogP contribution is -2.27. The fourth-order valence-corrected chi connectivity index (χ4v) is 3.95. The van der Waals surface area contributed by atoms with Gasteiger partial charge in [0, 0.05) is 9.75 Å². The van der Waals surface area contributed by atoms with Crippen molar-refractivity contribution in [1.29, 1.82) is 0 Å². The second-order valence-corrected chi connectivity index (χ2v) is 7.31. The molecular formula is C16H19NO3S2. The van der Waals surface area contributed by atoms with Crippen molar-refractivity contribution < 1.29 is 13.7 Å². The normalized spacial score (nSPS) is 11.9. The van der Waals surface area contributed by atoms with Crippen molar-refractivity contribution in [2.75, 3.05) is 12.9 Å². The largest absolute Gasteiger partial charge is 0.495 e. The molecule has 1 amide bonds. The molecule has 0 fully saturated rings. The molecule has 0 saturated heterocycles. The molecule has 118 valence electrons. The molecule has 1 aromatic heterocycles. The predicted octanol–water partition coefficient (Wildman–Crippen LogP) is 2.74. The summed E-state index contributed by atoms with van der Waals surface area (Å²) in [6.07, 6.45) is 0.996. The fourth-order valence-electron chi connectivity index (χ4n) is 1.95. The molecule has 0 spiro atoms. The van der Waals surface area contributed by atoms with Crippen molar-refractivity contribution in [2.24, 2.45) is 0 Å². The highest BCUT2D eigenvalue weighted by Gasteiger charge is 2.14. The highest BCUT2D eigenvalue weighted by molar-refractivity contribution is 7.85. The third kappa shape index (κ3) is 4.42. The lowest BCUT2D eigenvalue weighted by atomic mass is 10.3. The van der Waals surface area contributed by atoms with Crippen molar-refractivity contribution >= 4 is 28.0 Å². The zero-order valence-electron chi connectivity index (χ0n) is 12.6. The third-order valence-corrected chi connectivity index (χ3v) is 5.68. The van der Waals surface area contributed by atoms with Crippen LogP contribution in [0.4, 0.5) is 0 Å². The van der Waals surface area contributed by atoms with Crippen LogP contribution < -0.4 is 10.1 Å². The first-order chi connectivity index (χ1) is 10.6.